The molecule has 0 atom stereocenters. The molecule has 0 fully saturated rings. The van der Waals surface area contributed by atoms with Gasteiger partial charge in [-0.1, -0.05) is 23.5 Å². The SMILES string of the molecule is Cc1cc(C(=O)N(CCN(C)C)c2nc3ccccc3s2)nn1C. The van der Waals surface area contributed by atoms with Crippen molar-refractivity contribution < 1.29 is 4.79 Å². The van der Waals surface area contributed by atoms with E-state index in [4.69, 9.17) is 0 Å². The van der Waals surface area contributed by atoms with Gasteiger partial charge in [-0.2, -0.15) is 5.10 Å². The summed E-state index contributed by atoms with van der Waals surface area (Å²) in [7, 11) is 5.83. The summed E-state index contributed by atoms with van der Waals surface area (Å²) in [4.78, 5) is 21.4. The number of hydrogen-bond donors (Lipinski definition) is 0. The molecule has 0 saturated heterocycles. The van der Waals surface area contributed by atoms with Crippen LogP contribution in [0.25, 0.3) is 10.2 Å². The second-order valence-corrected chi connectivity index (χ2v) is 7.03. The summed E-state index contributed by atoms with van der Waals surface area (Å²) < 4.78 is 2.79. The molecule has 0 bridgehead atoms. The Morgan fingerprint density at radius 2 is 2.00 bits per heavy atom. The van der Waals surface area contributed by atoms with E-state index in [9.17, 15) is 4.79 Å². The summed E-state index contributed by atoms with van der Waals surface area (Å²) in [6.45, 7) is 3.26. The Morgan fingerprint density at radius 1 is 1.25 bits per heavy atom. The molecule has 1 amide bonds. The summed E-state index contributed by atoms with van der Waals surface area (Å²) in [5.41, 5.74) is 2.32. The normalized spacial score (nSPS) is 11.4. The van der Waals surface area contributed by atoms with E-state index in [2.05, 4.69) is 15.0 Å². The molecular formula is C17H21N5OS. The highest BCUT2D eigenvalue weighted by Crippen LogP contribution is 2.29. The van der Waals surface area contributed by atoms with Crippen molar-refractivity contribution in [3.63, 3.8) is 0 Å². The lowest BCUT2D eigenvalue weighted by molar-refractivity contribution is 0.0979. The highest BCUT2D eigenvalue weighted by molar-refractivity contribution is 7.22. The molecule has 0 aliphatic rings. The van der Waals surface area contributed by atoms with Gasteiger partial charge in [0.15, 0.2) is 10.8 Å². The zero-order valence-corrected chi connectivity index (χ0v) is 15.2. The maximum atomic E-state index is 13.0. The van der Waals surface area contributed by atoms with Crippen LogP contribution in [0.3, 0.4) is 0 Å². The van der Waals surface area contributed by atoms with E-state index in [0.29, 0.717) is 17.4 Å². The minimum atomic E-state index is -0.111. The molecule has 1 aromatic carbocycles. The number of para-hydroxylation sites is 1. The maximum absolute atomic E-state index is 13.0. The van der Waals surface area contributed by atoms with Crippen LogP contribution >= 0.6 is 11.3 Å². The number of anilines is 1. The van der Waals surface area contributed by atoms with Crippen molar-refractivity contribution in [1.29, 1.82) is 0 Å². The minimum Gasteiger partial charge on any atom is -0.308 e. The van der Waals surface area contributed by atoms with Gasteiger partial charge in [0, 0.05) is 25.8 Å². The van der Waals surface area contributed by atoms with Gasteiger partial charge in [0.25, 0.3) is 5.91 Å². The molecule has 2 aromatic heterocycles. The van der Waals surface area contributed by atoms with Gasteiger partial charge in [0.05, 0.1) is 10.2 Å². The van der Waals surface area contributed by atoms with Crippen molar-refractivity contribution >= 4 is 32.6 Å². The lowest BCUT2D eigenvalue weighted by Crippen LogP contribution is -2.37. The molecule has 0 spiro atoms. The first-order valence-electron chi connectivity index (χ1n) is 7.78. The average Bonchev–Trinajstić information content (AvgIpc) is 3.11. The van der Waals surface area contributed by atoms with E-state index < -0.39 is 0 Å². The number of amides is 1. The van der Waals surface area contributed by atoms with Gasteiger partial charge in [-0.05, 0) is 39.2 Å². The Balaban J connectivity index is 1.97. The van der Waals surface area contributed by atoms with Crippen LogP contribution in [0.2, 0.25) is 0 Å². The molecule has 24 heavy (non-hydrogen) atoms. The molecule has 2 heterocycles. The number of thiazole rings is 1. The summed E-state index contributed by atoms with van der Waals surface area (Å²) in [6, 6.07) is 9.75. The number of nitrogens with zero attached hydrogens (tertiary/aromatic N) is 5. The van der Waals surface area contributed by atoms with Crippen LogP contribution in [-0.2, 0) is 7.05 Å². The average molecular weight is 343 g/mol. The number of fused-ring (bicyclic) bond motifs is 1. The van der Waals surface area contributed by atoms with E-state index in [-0.39, 0.29) is 5.91 Å². The predicted octanol–water partition coefficient (Wildman–Crippen LogP) is 2.55. The summed E-state index contributed by atoms with van der Waals surface area (Å²) in [5, 5.41) is 5.04. The zero-order valence-electron chi connectivity index (χ0n) is 14.4. The van der Waals surface area contributed by atoms with Gasteiger partial charge < -0.3 is 4.90 Å². The van der Waals surface area contributed by atoms with Gasteiger partial charge in [-0.25, -0.2) is 4.98 Å². The Kier molecular flexibility index (Phi) is 4.64. The standard InChI is InChI=1S/C17H21N5OS/c1-12-11-14(19-21(12)4)16(23)22(10-9-20(2)3)17-18-13-7-5-6-8-15(13)24-17/h5-8,11H,9-10H2,1-4H3. The van der Waals surface area contributed by atoms with Crippen molar-refractivity contribution in [2.45, 2.75) is 6.92 Å². The largest absolute Gasteiger partial charge is 0.308 e. The van der Waals surface area contributed by atoms with E-state index in [1.165, 1.54) is 11.3 Å². The smallest absolute Gasteiger partial charge is 0.280 e. The predicted molar refractivity (Wildman–Crippen MR) is 97.8 cm³/mol. The molecule has 126 valence electrons. The molecule has 6 nitrogen and oxygen atoms in total. The van der Waals surface area contributed by atoms with Crippen molar-refractivity contribution in [2.75, 3.05) is 32.1 Å². The number of benzene rings is 1. The molecule has 0 aliphatic carbocycles. The monoisotopic (exact) mass is 343 g/mol. The van der Waals surface area contributed by atoms with Crippen LogP contribution in [0.15, 0.2) is 30.3 Å². The van der Waals surface area contributed by atoms with Crippen LogP contribution in [0.1, 0.15) is 16.2 Å². The summed E-state index contributed by atoms with van der Waals surface area (Å²) >= 11 is 1.53. The molecule has 0 unspecified atom stereocenters. The van der Waals surface area contributed by atoms with Gasteiger partial charge in [0.2, 0.25) is 0 Å². The molecule has 0 N–H and O–H groups in total. The highest BCUT2D eigenvalue weighted by atomic mass is 32.1. The third-order valence-electron chi connectivity index (χ3n) is 3.86. The number of carbonyl (C=O) groups excluding carboxylic acids is 1. The van der Waals surface area contributed by atoms with Gasteiger partial charge in [-0.15, -0.1) is 0 Å². The van der Waals surface area contributed by atoms with Crippen molar-refractivity contribution in [1.82, 2.24) is 19.7 Å². The van der Waals surface area contributed by atoms with Gasteiger partial charge in [-0.3, -0.25) is 14.4 Å². The molecule has 7 heteroatoms. The third-order valence-corrected chi connectivity index (χ3v) is 4.92. The maximum Gasteiger partial charge on any atom is 0.280 e. The van der Waals surface area contributed by atoms with Crippen LogP contribution in [0.4, 0.5) is 5.13 Å². The Hall–Kier alpha value is -2.25. The Bertz CT molecular complexity index is 814. The Morgan fingerprint density at radius 3 is 2.62 bits per heavy atom. The number of rotatable bonds is 5. The van der Waals surface area contributed by atoms with E-state index >= 15 is 0 Å². The van der Waals surface area contributed by atoms with E-state index in [0.717, 1.165) is 22.5 Å². The molecule has 3 aromatic rings. The fourth-order valence-corrected chi connectivity index (χ4v) is 3.35. The molecule has 0 radical (unpaired) electrons. The number of aromatic nitrogens is 3. The van der Waals surface area contributed by atoms with Crippen LogP contribution in [0.5, 0.6) is 0 Å². The highest BCUT2D eigenvalue weighted by Gasteiger charge is 2.23. The first kappa shape index (κ1) is 16.6. The van der Waals surface area contributed by atoms with Crippen molar-refractivity contribution in [3.8, 4) is 0 Å². The van der Waals surface area contributed by atoms with Gasteiger partial charge in [0.1, 0.15) is 0 Å². The fraction of sp³-hybridized carbons (Fsp3) is 0.353. The Labute approximate surface area is 145 Å². The summed E-state index contributed by atoms with van der Waals surface area (Å²) in [5.74, 6) is -0.111. The number of likely N-dealkylation sites (N-methyl/N-ethyl adjacent to an activating group) is 1. The fourth-order valence-electron chi connectivity index (χ4n) is 2.36. The third kappa shape index (κ3) is 3.32. The number of aryl methyl sites for hydroxylation is 2. The topological polar surface area (TPSA) is 54.3 Å². The number of carbonyl (C=O) groups is 1. The zero-order chi connectivity index (χ0) is 17.3. The summed E-state index contributed by atoms with van der Waals surface area (Å²) in [6.07, 6.45) is 0. The minimum absolute atomic E-state index is 0.111. The molecule has 3 rings (SSSR count). The lowest BCUT2D eigenvalue weighted by atomic mass is 10.3. The number of hydrogen-bond acceptors (Lipinski definition) is 5. The van der Waals surface area contributed by atoms with E-state index in [1.807, 2.05) is 58.4 Å². The van der Waals surface area contributed by atoms with Crippen molar-refractivity contribution in [3.05, 3.63) is 41.7 Å². The second kappa shape index (κ2) is 6.70. The second-order valence-electron chi connectivity index (χ2n) is 6.02. The quantitative estimate of drug-likeness (QED) is 0.714. The van der Waals surface area contributed by atoms with Crippen LogP contribution in [0, 0.1) is 6.92 Å². The first-order valence-corrected chi connectivity index (χ1v) is 8.60. The lowest BCUT2D eigenvalue weighted by Gasteiger charge is -2.21. The van der Waals surface area contributed by atoms with Crippen LogP contribution in [-0.4, -0.2) is 52.8 Å². The van der Waals surface area contributed by atoms with Crippen molar-refractivity contribution in [2.24, 2.45) is 7.05 Å². The molecule has 0 aliphatic heterocycles. The first-order chi connectivity index (χ1) is 11.5. The van der Waals surface area contributed by atoms with Crippen LogP contribution < -0.4 is 4.90 Å². The van der Waals surface area contributed by atoms with E-state index in [1.54, 1.807) is 9.58 Å². The van der Waals surface area contributed by atoms with Gasteiger partial charge >= 0.3 is 0 Å². The molecule has 0 saturated carbocycles. The molecular weight excluding hydrogens is 322 g/mol.